The third-order valence-corrected chi connectivity index (χ3v) is 4.10. The van der Waals surface area contributed by atoms with E-state index in [9.17, 15) is 4.79 Å². The van der Waals surface area contributed by atoms with Gasteiger partial charge in [0, 0.05) is 32.4 Å². The number of ether oxygens (including phenoxy) is 1. The number of aryl methyl sites for hydroxylation is 1. The maximum absolute atomic E-state index is 11.8. The van der Waals surface area contributed by atoms with E-state index in [2.05, 4.69) is 37.6 Å². The maximum Gasteiger partial charge on any atom is 0.325 e. The van der Waals surface area contributed by atoms with Gasteiger partial charge in [-0.15, -0.1) is 24.0 Å². The SMILES string of the molecule is CN=C(NCC(=O)OC(C)(C)C)NC1CCN(c2ccc(C)cn2)CC1.I. The third kappa shape index (κ3) is 8.32. The molecule has 2 heterocycles. The fraction of sp³-hybridized carbons (Fsp3) is 0.632. The number of nitrogens with one attached hydrogen (secondary N) is 2. The molecule has 152 valence electrons. The lowest BCUT2D eigenvalue weighted by atomic mass is 10.1. The molecule has 1 aromatic heterocycles. The molecule has 1 aromatic rings. The number of rotatable bonds is 4. The lowest BCUT2D eigenvalue weighted by Crippen LogP contribution is -2.50. The minimum absolute atomic E-state index is 0. The number of nitrogens with zero attached hydrogens (tertiary/aromatic N) is 3. The van der Waals surface area contributed by atoms with E-state index < -0.39 is 5.60 Å². The summed E-state index contributed by atoms with van der Waals surface area (Å²) in [6, 6.07) is 4.49. The number of hydrogen-bond donors (Lipinski definition) is 2. The minimum Gasteiger partial charge on any atom is -0.459 e. The van der Waals surface area contributed by atoms with Gasteiger partial charge in [-0.2, -0.15) is 0 Å². The van der Waals surface area contributed by atoms with Crippen molar-refractivity contribution in [3.63, 3.8) is 0 Å². The number of pyridine rings is 1. The highest BCUT2D eigenvalue weighted by Crippen LogP contribution is 2.18. The van der Waals surface area contributed by atoms with Crippen molar-refractivity contribution in [2.45, 2.75) is 52.2 Å². The highest BCUT2D eigenvalue weighted by Gasteiger charge is 2.21. The molecule has 0 amide bonds. The summed E-state index contributed by atoms with van der Waals surface area (Å²) in [5.41, 5.74) is 0.692. The predicted molar refractivity (Wildman–Crippen MR) is 120 cm³/mol. The Kier molecular flexibility index (Phi) is 9.28. The molecule has 0 atom stereocenters. The predicted octanol–water partition coefficient (Wildman–Crippen LogP) is 2.48. The monoisotopic (exact) mass is 489 g/mol. The lowest BCUT2D eigenvalue weighted by Gasteiger charge is -2.33. The Hall–Kier alpha value is -1.58. The first-order valence-electron chi connectivity index (χ1n) is 9.13. The van der Waals surface area contributed by atoms with Crippen LogP contribution in [0.2, 0.25) is 0 Å². The normalized spacial score (nSPS) is 15.7. The van der Waals surface area contributed by atoms with Crippen molar-refractivity contribution in [1.29, 1.82) is 0 Å². The molecule has 1 aliphatic rings. The molecule has 27 heavy (non-hydrogen) atoms. The summed E-state index contributed by atoms with van der Waals surface area (Å²) >= 11 is 0. The molecule has 2 rings (SSSR count). The molecule has 2 N–H and O–H groups in total. The van der Waals surface area contributed by atoms with Crippen LogP contribution in [0.3, 0.4) is 0 Å². The largest absolute Gasteiger partial charge is 0.459 e. The van der Waals surface area contributed by atoms with E-state index in [1.54, 1.807) is 7.05 Å². The summed E-state index contributed by atoms with van der Waals surface area (Å²) in [6.45, 7) is 9.59. The molecule has 0 saturated carbocycles. The highest BCUT2D eigenvalue weighted by atomic mass is 127. The van der Waals surface area contributed by atoms with E-state index in [1.807, 2.05) is 33.9 Å². The fourth-order valence-corrected chi connectivity index (χ4v) is 2.82. The molecule has 0 aliphatic carbocycles. The number of carbonyl (C=O) groups is 1. The Bertz CT molecular complexity index is 620. The van der Waals surface area contributed by atoms with Gasteiger partial charge >= 0.3 is 5.97 Å². The second-order valence-corrected chi connectivity index (χ2v) is 7.61. The first-order valence-corrected chi connectivity index (χ1v) is 9.13. The van der Waals surface area contributed by atoms with Crippen molar-refractivity contribution in [2.24, 2.45) is 4.99 Å². The Morgan fingerprint density at radius 3 is 2.52 bits per heavy atom. The van der Waals surface area contributed by atoms with E-state index in [0.717, 1.165) is 31.7 Å². The van der Waals surface area contributed by atoms with Gasteiger partial charge in [0.2, 0.25) is 0 Å². The molecule has 0 spiro atoms. The van der Waals surface area contributed by atoms with Gasteiger partial charge in [0.05, 0.1) is 0 Å². The van der Waals surface area contributed by atoms with Crippen LogP contribution >= 0.6 is 24.0 Å². The number of anilines is 1. The first-order chi connectivity index (χ1) is 12.3. The minimum atomic E-state index is -0.480. The molecule has 1 fully saturated rings. The van der Waals surface area contributed by atoms with Gasteiger partial charge < -0.3 is 20.3 Å². The molecule has 8 heteroatoms. The van der Waals surface area contributed by atoms with E-state index in [1.165, 1.54) is 5.56 Å². The van der Waals surface area contributed by atoms with Crippen LogP contribution in [0.1, 0.15) is 39.2 Å². The van der Waals surface area contributed by atoms with Gasteiger partial charge in [-0.3, -0.25) is 9.79 Å². The third-order valence-electron chi connectivity index (χ3n) is 4.10. The zero-order valence-corrected chi connectivity index (χ0v) is 19.2. The molecule has 0 aromatic carbocycles. The number of aromatic nitrogens is 1. The van der Waals surface area contributed by atoms with Gasteiger partial charge in [0.1, 0.15) is 18.0 Å². The van der Waals surface area contributed by atoms with Gasteiger partial charge in [-0.25, -0.2) is 4.98 Å². The maximum atomic E-state index is 11.8. The van der Waals surface area contributed by atoms with E-state index >= 15 is 0 Å². The number of piperidine rings is 1. The molecule has 1 aliphatic heterocycles. The topological polar surface area (TPSA) is 78.8 Å². The van der Waals surface area contributed by atoms with Crippen LogP contribution in [0, 0.1) is 6.92 Å². The van der Waals surface area contributed by atoms with Crippen molar-refractivity contribution >= 4 is 41.7 Å². The number of hydrogen-bond acceptors (Lipinski definition) is 5. The second-order valence-electron chi connectivity index (χ2n) is 7.61. The molecular weight excluding hydrogens is 457 g/mol. The molecule has 7 nitrogen and oxygen atoms in total. The van der Waals surface area contributed by atoms with Crippen LogP contribution in [0.5, 0.6) is 0 Å². The summed E-state index contributed by atoms with van der Waals surface area (Å²) in [6.07, 6.45) is 3.88. The molecular formula is C19H32IN5O2. The summed E-state index contributed by atoms with van der Waals surface area (Å²) < 4.78 is 5.30. The van der Waals surface area contributed by atoms with Crippen LogP contribution in [-0.4, -0.2) is 55.2 Å². The molecule has 0 unspecified atom stereocenters. The Balaban J connectivity index is 0.00000364. The van der Waals surface area contributed by atoms with Gasteiger partial charge in [0.25, 0.3) is 0 Å². The average molecular weight is 489 g/mol. The van der Waals surface area contributed by atoms with Gasteiger partial charge in [0.15, 0.2) is 5.96 Å². The lowest BCUT2D eigenvalue weighted by molar-refractivity contribution is -0.153. The number of esters is 1. The van der Waals surface area contributed by atoms with Crippen molar-refractivity contribution < 1.29 is 9.53 Å². The van der Waals surface area contributed by atoms with Crippen molar-refractivity contribution in [3.05, 3.63) is 23.9 Å². The van der Waals surface area contributed by atoms with E-state index in [4.69, 9.17) is 4.74 Å². The van der Waals surface area contributed by atoms with Gasteiger partial charge in [-0.05, 0) is 52.2 Å². The number of carbonyl (C=O) groups excluding carboxylic acids is 1. The second kappa shape index (κ2) is 10.7. The fourth-order valence-electron chi connectivity index (χ4n) is 2.82. The summed E-state index contributed by atoms with van der Waals surface area (Å²) in [4.78, 5) is 22.8. The zero-order chi connectivity index (χ0) is 19.2. The molecule has 1 saturated heterocycles. The number of guanidine groups is 1. The quantitative estimate of drug-likeness (QED) is 0.293. The smallest absolute Gasteiger partial charge is 0.325 e. The van der Waals surface area contributed by atoms with E-state index in [-0.39, 0.29) is 36.5 Å². The van der Waals surface area contributed by atoms with Gasteiger partial charge in [-0.1, -0.05) is 6.07 Å². The molecule has 0 radical (unpaired) electrons. The van der Waals surface area contributed by atoms with Crippen molar-refractivity contribution in [2.75, 3.05) is 31.6 Å². The summed E-state index contributed by atoms with van der Waals surface area (Å²) in [5, 5.41) is 6.42. The number of aliphatic imine (C=N–C) groups is 1. The first kappa shape index (κ1) is 23.5. The summed E-state index contributed by atoms with van der Waals surface area (Å²) in [7, 11) is 1.70. The van der Waals surface area contributed by atoms with Crippen LogP contribution < -0.4 is 15.5 Å². The highest BCUT2D eigenvalue weighted by molar-refractivity contribution is 14.0. The van der Waals surface area contributed by atoms with Crippen LogP contribution in [0.25, 0.3) is 0 Å². The Morgan fingerprint density at radius 2 is 2.00 bits per heavy atom. The molecule has 0 bridgehead atoms. The average Bonchev–Trinajstić information content (AvgIpc) is 2.58. The summed E-state index contributed by atoms with van der Waals surface area (Å²) in [5.74, 6) is 1.37. The van der Waals surface area contributed by atoms with Crippen LogP contribution in [-0.2, 0) is 9.53 Å². The van der Waals surface area contributed by atoms with Crippen molar-refractivity contribution in [1.82, 2.24) is 15.6 Å². The van der Waals surface area contributed by atoms with Crippen LogP contribution in [0.15, 0.2) is 23.3 Å². The van der Waals surface area contributed by atoms with Crippen LogP contribution in [0.4, 0.5) is 5.82 Å². The van der Waals surface area contributed by atoms with E-state index in [0.29, 0.717) is 12.0 Å². The Labute approximate surface area is 179 Å². The van der Waals surface area contributed by atoms with Crippen molar-refractivity contribution in [3.8, 4) is 0 Å². The number of halogens is 1. The Morgan fingerprint density at radius 1 is 1.33 bits per heavy atom. The zero-order valence-electron chi connectivity index (χ0n) is 16.9. The standard InChI is InChI=1S/C19H31N5O2.HI/c1-14-6-7-16(21-12-14)24-10-8-15(9-11-24)23-18(20-5)22-13-17(25)26-19(2,3)4;/h6-7,12,15H,8-11,13H2,1-5H3,(H2,20,22,23);1H.